The number of ether oxygens (including phenoxy) is 2. The number of carbonyl (C=O) groups is 2. The van der Waals surface area contributed by atoms with Crippen LogP contribution in [0, 0.1) is 11.3 Å². The van der Waals surface area contributed by atoms with Crippen molar-refractivity contribution in [3.8, 4) is 17.3 Å². The lowest BCUT2D eigenvalue weighted by Gasteiger charge is -2.26. The van der Waals surface area contributed by atoms with Crippen LogP contribution in [-0.2, 0) is 15.9 Å². The second kappa shape index (κ2) is 11.1. The van der Waals surface area contributed by atoms with E-state index < -0.39 is 29.8 Å². The molecule has 0 spiro atoms. The van der Waals surface area contributed by atoms with Gasteiger partial charge in [0.15, 0.2) is 0 Å². The van der Waals surface area contributed by atoms with Gasteiger partial charge < -0.3 is 14.8 Å². The number of aromatic nitrogens is 1. The maximum Gasteiger partial charge on any atom is 0.408 e. The highest BCUT2D eigenvalue weighted by Gasteiger charge is 2.29. The highest BCUT2D eigenvalue weighted by molar-refractivity contribution is 5.90. The molecule has 3 rings (SSSR count). The van der Waals surface area contributed by atoms with Gasteiger partial charge in [0, 0.05) is 11.8 Å². The molecule has 1 N–H and O–H groups in total. The number of benzene rings is 2. The molecule has 34 heavy (non-hydrogen) atoms. The molecule has 0 aliphatic heterocycles. The molecule has 0 bridgehead atoms. The van der Waals surface area contributed by atoms with Crippen LogP contribution in [0.4, 0.5) is 4.79 Å². The van der Waals surface area contributed by atoms with Crippen molar-refractivity contribution in [1.82, 2.24) is 10.3 Å². The summed E-state index contributed by atoms with van der Waals surface area (Å²) in [5, 5.41) is 12.5. The molecule has 0 saturated heterocycles. The molecule has 1 heterocycles. The standard InChI is InChI=1S/C27H27N3O4/c1-27(2,3)34-26(32)30-23(17-19-9-5-4-6-10-19)24(18-28)33-25(31)21-14-12-20(13-15-21)22-11-7-8-16-29-22/h4-16,23-24H,17H2,1-3H3,(H,30,32)/t23-,24-/m0/s1. The minimum atomic E-state index is -1.23. The van der Waals surface area contributed by atoms with Crippen molar-refractivity contribution in [3.63, 3.8) is 0 Å². The third kappa shape index (κ3) is 7.17. The molecule has 7 nitrogen and oxygen atoms in total. The molecule has 0 aliphatic rings. The first-order valence-electron chi connectivity index (χ1n) is 10.9. The summed E-state index contributed by atoms with van der Waals surface area (Å²) < 4.78 is 10.9. The Morgan fingerprint density at radius 1 is 1.00 bits per heavy atom. The van der Waals surface area contributed by atoms with E-state index in [1.54, 1.807) is 51.2 Å². The zero-order valence-electron chi connectivity index (χ0n) is 19.4. The Kier molecular flexibility index (Phi) is 7.99. The number of nitrogens with one attached hydrogen (secondary N) is 1. The third-order valence-electron chi connectivity index (χ3n) is 4.81. The van der Waals surface area contributed by atoms with E-state index in [4.69, 9.17) is 9.47 Å². The van der Waals surface area contributed by atoms with Gasteiger partial charge in [-0.25, -0.2) is 9.59 Å². The molecule has 1 aromatic heterocycles. The summed E-state index contributed by atoms with van der Waals surface area (Å²) in [7, 11) is 0. The van der Waals surface area contributed by atoms with E-state index in [-0.39, 0.29) is 12.0 Å². The van der Waals surface area contributed by atoms with Crippen LogP contribution in [0.3, 0.4) is 0 Å². The Hall–Kier alpha value is -4.18. The van der Waals surface area contributed by atoms with Crippen molar-refractivity contribution in [1.29, 1.82) is 5.26 Å². The molecular weight excluding hydrogens is 430 g/mol. The lowest BCUT2D eigenvalue weighted by atomic mass is 10.0. The van der Waals surface area contributed by atoms with Gasteiger partial charge in [0.1, 0.15) is 11.7 Å². The van der Waals surface area contributed by atoms with E-state index in [2.05, 4.69) is 10.3 Å². The fraction of sp³-hybridized carbons (Fsp3) is 0.259. The summed E-state index contributed by atoms with van der Waals surface area (Å²) in [5.41, 5.74) is 2.08. The molecule has 2 aromatic carbocycles. The van der Waals surface area contributed by atoms with E-state index in [1.165, 1.54) is 0 Å². The summed E-state index contributed by atoms with van der Waals surface area (Å²) in [6, 6.07) is 22.9. The van der Waals surface area contributed by atoms with Crippen molar-refractivity contribution >= 4 is 12.1 Å². The molecule has 0 aliphatic carbocycles. The van der Waals surface area contributed by atoms with Crippen molar-refractivity contribution < 1.29 is 19.1 Å². The number of alkyl carbamates (subject to hydrolysis) is 1. The van der Waals surface area contributed by atoms with E-state index in [1.807, 2.05) is 54.6 Å². The van der Waals surface area contributed by atoms with Gasteiger partial charge in [0.05, 0.1) is 17.3 Å². The molecule has 0 fully saturated rings. The summed E-state index contributed by atoms with van der Waals surface area (Å²) in [6.07, 6.45) is 0.0594. The number of hydrogen-bond donors (Lipinski definition) is 1. The smallest absolute Gasteiger partial charge is 0.408 e. The summed E-state index contributed by atoms with van der Waals surface area (Å²) >= 11 is 0. The first-order valence-corrected chi connectivity index (χ1v) is 10.9. The highest BCUT2D eigenvalue weighted by Crippen LogP contribution is 2.18. The van der Waals surface area contributed by atoms with Crippen LogP contribution in [0.1, 0.15) is 36.7 Å². The monoisotopic (exact) mass is 457 g/mol. The summed E-state index contributed by atoms with van der Waals surface area (Å²) in [4.78, 5) is 29.5. The third-order valence-corrected chi connectivity index (χ3v) is 4.81. The Balaban J connectivity index is 1.75. The van der Waals surface area contributed by atoms with E-state index >= 15 is 0 Å². The lowest BCUT2D eigenvalue weighted by molar-refractivity contribution is 0.0260. The van der Waals surface area contributed by atoms with Gasteiger partial charge >= 0.3 is 12.1 Å². The largest absolute Gasteiger partial charge is 0.444 e. The van der Waals surface area contributed by atoms with E-state index in [0.717, 1.165) is 16.8 Å². The first-order chi connectivity index (χ1) is 16.2. The van der Waals surface area contributed by atoms with Gasteiger partial charge in [-0.05, 0) is 57.0 Å². The SMILES string of the molecule is CC(C)(C)OC(=O)N[C@@H](Cc1ccccc1)[C@H](C#N)OC(=O)c1ccc(-c2ccccn2)cc1. The predicted molar refractivity (Wildman–Crippen MR) is 128 cm³/mol. The molecule has 0 unspecified atom stereocenters. The molecule has 0 radical (unpaired) electrons. The van der Waals surface area contributed by atoms with Crippen LogP contribution < -0.4 is 5.32 Å². The van der Waals surface area contributed by atoms with Gasteiger partial charge in [0.25, 0.3) is 0 Å². The number of amides is 1. The normalized spacial score (nSPS) is 12.6. The zero-order valence-corrected chi connectivity index (χ0v) is 19.4. The molecule has 174 valence electrons. The topological polar surface area (TPSA) is 101 Å². The number of pyridine rings is 1. The Morgan fingerprint density at radius 3 is 2.26 bits per heavy atom. The number of carbonyl (C=O) groups excluding carboxylic acids is 2. The average Bonchev–Trinajstić information content (AvgIpc) is 2.82. The number of nitriles is 1. The average molecular weight is 458 g/mol. The molecule has 3 aromatic rings. The van der Waals surface area contributed by atoms with Crippen molar-refractivity contribution in [2.75, 3.05) is 0 Å². The van der Waals surface area contributed by atoms with Crippen LogP contribution in [0.2, 0.25) is 0 Å². The summed E-state index contributed by atoms with van der Waals surface area (Å²) in [6.45, 7) is 5.24. The highest BCUT2D eigenvalue weighted by atomic mass is 16.6. The molecule has 1 amide bonds. The minimum absolute atomic E-state index is 0.282. The minimum Gasteiger partial charge on any atom is -0.444 e. The van der Waals surface area contributed by atoms with Gasteiger partial charge in [-0.3, -0.25) is 4.98 Å². The van der Waals surface area contributed by atoms with Crippen LogP contribution in [0.15, 0.2) is 79.0 Å². The van der Waals surface area contributed by atoms with E-state index in [9.17, 15) is 14.9 Å². The number of nitrogens with zero attached hydrogens (tertiary/aromatic N) is 2. The van der Waals surface area contributed by atoms with E-state index in [0.29, 0.717) is 0 Å². The predicted octanol–water partition coefficient (Wildman–Crippen LogP) is 4.93. The second-order valence-electron chi connectivity index (χ2n) is 8.69. The van der Waals surface area contributed by atoms with Crippen LogP contribution in [-0.4, -0.2) is 34.8 Å². The number of hydrogen-bond acceptors (Lipinski definition) is 6. The Labute approximate surface area is 199 Å². The van der Waals surface area contributed by atoms with Gasteiger partial charge in [-0.15, -0.1) is 0 Å². The van der Waals surface area contributed by atoms with Gasteiger partial charge in [-0.1, -0.05) is 48.5 Å². The molecule has 2 atom stereocenters. The van der Waals surface area contributed by atoms with Crippen LogP contribution in [0.5, 0.6) is 0 Å². The maximum atomic E-state index is 12.8. The zero-order chi connectivity index (χ0) is 24.6. The van der Waals surface area contributed by atoms with Crippen molar-refractivity contribution in [3.05, 3.63) is 90.1 Å². The lowest BCUT2D eigenvalue weighted by Crippen LogP contribution is -2.47. The van der Waals surface area contributed by atoms with Crippen molar-refractivity contribution in [2.24, 2.45) is 0 Å². The van der Waals surface area contributed by atoms with Crippen LogP contribution >= 0.6 is 0 Å². The Morgan fingerprint density at radius 2 is 1.68 bits per heavy atom. The van der Waals surface area contributed by atoms with Gasteiger partial charge in [0.2, 0.25) is 6.10 Å². The summed E-state index contributed by atoms with van der Waals surface area (Å²) in [5.74, 6) is -0.664. The number of esters is 1. The quantitative estimate of drug-likeness (QED) is 0.505. The second-order valence-corrected chi connectivity index (χ2v) is 8.69. The van der Waals surface area contributed by atoms with Gasteiger partial charge in [-0.2, -0.15) is 5.26 Å². The fourth-order valence-corrected chi connectivity index (χ4v) is 3.25. The fourth-order valence-electron chi connectivity index (χ4n) is 3.25. The maximum absolute atomic E-state index is 12.8. The molecule has 7 heteroatoms. The number of rotatable bonds is 7. The van der Waals surface area contributed by atoms with Crippen LogP contribution in [0.25, 0.3) is 11.3 Å². The van der Waals surface area contributed by atoms with Crippen molar-refractivity contribution in [2.45, 2.75) is 44.9 Å². The molecule has 0 saturated carbocycles. The molecular formula is C27H27N3O4. The first kappa shape index (κ1) is 24.5. The Bertz CT molecular complexity index is 1130.